The van der Waals surface area contributed by atoms with Crippen LogP contribution in [0.25, 0.3) is 0 Å². The Balaban J connectivity index is 2.30. The van der Waals surface area contributed by atoms with Gasteiger partial charge in [-0.3, -0.25) is 4.99 Å². The van der Waals surface area contributed by atoms with E-state index in [2.05, 4.69) is 9.73 Å². The Bertz CT molecular complexity index is 363. The summed E-state index contributed by atoms with van der Waals surface area (Å²) in [6.45, 7) is -1.25. The third-order valence-electron chi connectivity index (χ3n) is 1.85. The zero-order valence-electron chi connectivity index (χ0n) is 9.07. The van der Waals surface area contributed by atoms with Gasteiger partial charge in [0.25, 0.3) is 0 Å². The first-order chi connectivity index (χ1) is 7.99. The molecule has 2 N–H and O–H groups in total. The molecule has 0 aliphatic heterocycles. The summed E-state index contributed by atoms with van der Waals surface area (Å²) in [7, 11) is 0. The maximum absolute atomic E-state index is 11.7. The van der Waals surface area contributed by atoms with Crippen LogP contribution in [-0.4, -0.2) is 31.8 Å². The van der Waals surface area contributed by atoms with Gasteiger partial charge < -0.3 is 10.5 Å². The molecule has 0 aliphatic carbocycles. The molecule has 0 fully saturated rings. The van der Waals surface area contributed by atoms with Gasteiger partial charge in [-0.1, -0.05) is 30.3 Å². The summed E-state index contributed by atoms with van der Waals surface area (Å²) in [6.07, 6.45) is -4.30. The summed E-state index contributed by atoms with van der Waals surface area (Å²) in [5, 5.41) is 0. The second-order valence-electron chi connectivity index (χ2n) is 3.30. The number of nitrogens with zero attached hydrogens (tertiary/aromatic N) is 1. The van der Waals surface area contributed by atoms with E-state index in [4.69, 9.17) is 5.73 Å². The van der Waals surface area contributed by atoms with Crippen LogP contribution >= 0.6 is 0 Å². The molecule has 0 spiro atoms. The van der Waals surface area contributed by atoms with Gasteiger partial charge in [0.15, 0.2) is 0 Å². The molecule has 0 atom stereocenters. The molecular formula is C11H13F3N2O. The molecule has 94 valence electrons. The SMILES string of the molecule is NC(=NCCOCC(F)(F)F)c1ccccc1. The maximum atomic E-state index is 11.7. The van der Waals surface area contributed by atoms with E-state index in [1.54, 1.807) is 24.3 Å². The molecule has 0 saturated carbocycles. The van der Waals surface area contributed by atoms with Crippen LogP contribution in [0.3, 0.4) is 0 Å². The molecule has 3 nitrogen and oxygen atoms in total. The number of ether oxygens (including phenoxy) is 1. The van der Waals surface area contributed by atoms with Crippen molar-refractivity contribution in [1.82, 2.24) is 0 Å². The Hall–Kier alpha value is -1.56. The van der Waals surface area contributed by atoms with Crippen molar-refractivity contribution in [3.63, 3.8) is 0 Å². The number of alkyl halides is 3. The van der Waals surface area contributed by atoms with Gasteiger partial charge in [-0.25, -0.2) is 0 Å². The molecule has 0 unspecified atom stereocenters. The van der Waals surface area contributed by atoms with E-state index >= 15 is 0 Å². The van der Waals surface area contributed by atoms with E-state index in [0.717, 1.165) is 5.56 Å². The molecule has 0 aliphatic rings. The maximum Gasteiger partial charge on any atom is 0.411 e. The lowest BCUT2D eigenvalue weighted by Gasteiger charge is -2.06. The van der Waals surface area contributed by atoms with Crippen LogP contribution in [0.2, 0.25) is 0 Å². The van der Waals surface area contributed by atoms with E-state index < -0.39 is 12.8 Å². The topological polar surface area (TPSA) is 47.6 Å². The van der Waals surface area contributed by atoms with Crippen LogP contribution < -0.4 is 5.73 Å². The zero-order chi connectivity index (χ0) is 12.7. The van der Waals surface area contributed by atoms with Crippen LogP contribution in [0.5, 0.6) is 0 Å². The molecule has 0 radical (unpaired) electrons. The molecule has 1 aromatic rings. The third-order valence-corrected chi connectivity index (χ3v) is 1.85. The minimum atomic E-state index is -4.30. The van der Waals surface area contributed by atoms with Gasteiger partial charge in [-0.2, -0.15) is 13.2 Å². The lowest BCUT2D eigenvalue weighted by Crippen LogP contribution is -2.19. The van der Waals surface area contributed by atoms with Crippen LogP contribution in [0.15, 0.2) is 35.3 Å². The van der Waals surface area contributed by atoms with Gasteiger partial charge in [0, 0.05) is 5.56 Å². The number of benzene rings is 1. The van der Waals surface area contributed by atoms with Crippen molar-refractivity contribution in [1.29, 1.82) is 0 Å². The summed E-state index contributed by atoms with van der Waals surface area (Å²) in [5.41, 5.74) is 6.37. The molecule has 0 bridgehead atoms. The Morgan fingerprint density at radius 3 is 2.47 bits per heavy atom. The largest absolute Gasteiger partial charge is 0.411 e. The van der Waals surface area contributed by atoms with Crippen LogP contribution in [-0.2, 0) is 4.74 Å². The Labute approximate surface area is 97.1 Å². The van der Waals surface area contributed by atoms with Gasteiger partial charge in [0.2, 0.25) is 0 Å². The van der Waals surface area contributed by atoms with Gasteiger partial charge in [0.05, 0.1) is 13.2 Å². The molecular weight excluding hydrogens is 233 g/mol. The minimum Gasteiger partial charge on any atom is -0.384 e. The van der Waals surface area contributed by atoms with Crippen molar-refractivity contribution in [2.75, 3.05) is 19.8 Å². The summed E-state index contributed by atoms with van der Waals surface area (Å²) < 4.78 is 39.6. The molecule has 0 heterocycles. The fourth-order valence-corrected chi connectivity index (χ4v) is 1.12. The quantitative estimate of drug-likeness (QED) is 0.490. The van der Waals surface area contributed by atoms with Crippen molar-refractivity contribution >= 4 is 5.84 Å². The highest BCUT2D eigenvalue weighted by Gasteiger charge is 2.27. The number of halogens is 3. The van der Waals surface area contributed by atoms with Crippen molar-refractivity contribution in [2.45, 2.75) is 6.18 Å². The average Bonchev–Trinajstić information content (AvgIpc) is 2.28. The molecule has 0 aromatic heterocycles. The van der Waals surface area contributed by atoms with Crippen molar-refractivity contribution in [3.8, 4) is 0 Å². The predicted molar refractivity (Wildman–Crippen MR) is 58.9 cm³/mol. The standard InChI is InChI=1S/C11H13F3N2O/c12-11(13,14)8-17-7-6-16-10(15)9-4-2-1-3-5-9/h1-5H,6-8H2,(H2,15,16). The highest BCUT2D eigenvalue weighted by atomic mass is 19.4. The van der Waals surface area contributed by atoms with E-state index in [1.165, 1.54) is 0 Å². The van der Waals surface area contributed by atoms with E-state index in [9.17, 15) is 13.2 Å². The molecule has 6 heteroatoms. The van der Waals surface area contributed by atoms with Crippen LogP contribution in [0.1, 0.15) is 5.56 Å². The smallest absolute Gasteiger partial charge is 0.384 e. The third kappa shape index (κ3) is 5.91. The van der Waals surface area contributed by atoms with E-state index in [-0.39, 0.29) is 13.2 Å². The molecule has 1 aromatic carbocycles. The van der Waals surface area contributed by atoms with Crippen molar-refractivity contribution in [3.05, 3.63) is 35.9 Å². The predicted octanol–water partition coefficient (Wildman–Crippen LogP) is 1.97. The first-order valence-electron chi connectivity index (χ1n) is 4.99. The number of nitrogens with two attached hydrogens (primary N) is 1. The first-order valence-corrected chi connectivity index (χ1v) is 4.99. The summed E-state index contributed by atoms with van der Waals surface area (Å²) in [5.74, 6) is 0.293. The number of rotatable bonds is 5. The van der Waals surface area contributed by atoms with Gasteiger partial charge in [0.1, 0.15) is 12.4 Å². The highest BCUT2D eigenvalue weighted by molar-refractivity contribution is 5.97. The van der Waals surface area contributed by atoms with Gasteiger partial charge in [-0.05, 0) is 0 Å². The van der Waals surface area contributed by atoms with E-state index in [0.29, 0.717) is 5.84 Å². The number of hydrogen-bond donors (Lipinski definition) is 1. The summed E-state index contributed by atoms with van der Waals surface area (Å²) in [4.78, 5) is 3.92. The monoisotopic (exact) mass is 246 g/mol. The van der Waals surface area contributed by atoms with Gasteiger partial charge >= 0.3 is 6.18 Å². The second-order valence-corrected chi connectivity index (χ2v) is 3.30. The van der Waals surface area contributed by atoms with Crippen molar-refractivity contribution in [2.24, 2.45) is 10.7 Å². The molecule has 1 rings (SSSR count). The normalized spacial score (nSPS) is 12.8. The zero-order valence-corrected chi connectivity index (χ0v) is 9.07. The molecule has 0 amide bonds. The fraction of sp³-hybridized carbons (Fsp3) is 0.364. The van der Waals surface area contributed by atoms with Crippen LogP contribution in [0, 0.1) is 0 Å². The fourth-order valence-electron chi connectivity index (χ4n) is 1.12. The Morgan fingerprint density at radius 2 is 1.88 bits per heavy atom. The summed E-state index contributed by atoms with van der Waals surface area (Å²) >= 11 is 0. The Kier molecular flexibility index (Phi) is 4.96. The number of hydrogen-bond acceptors (Lipinski definition) is 2. The molecule has 17 heavy (non-hydrogen) atoms. The number of aliphatic imine (C=N–C) groups is 1. The lowest BCUT2D eigenvalue weighted by atomic mass is 10.2. The lowest BCUT2D eigenvalue weighted by molar-refractivity contribution is -0.173. The summed E-state index contributed by atoms with van der Waals surface area (Å²) in [6, 6.07) is 8.99. The van der Waals surface area contributed by atoms with Crippen LogP contribution in [0.4, 0.5) is 13.2 Å². The second kappa shape index (κ2) is 6.24. The van der Waals surface area contributed by atoms with Crippen molar-refractivity contribution < 1.29 is 17.9 Å². The molecule has 0 saturated heterocycles. The Morgan fingerprint density at radius 1 is 1.24 bits per heavy atom. The minimum absolute atomic E-state index is 0.104. The first kappa shape index (κ1) is 13.5. The highest BCUT2D eigenvalue weighted by Crippen LogP contribution is 2.14. The average molecular weight is 246 g/mol. The number of amidine groups is 1. The van der Waals surface area contributed by atoms with E-state index in [1.807, 2.05) is 6.07 Å². The van der Waals surface area contributed by atoms with Gasteiger partial charge in [-0.15, -0.1) is 0 Å².